The molecule has 1 aromatic carbocycles. The minimum absolute atomic E-state index is 0.213. The van der Waals surface area contributed by atoms with Crippen molar-refractivity contribution in [1.29, 1.82) is 0 Å². The van der Waals surface area contributed by atoms with Crippen LogP contribution in [0.2, 0.25) is 0 Å². The molecule has 9 nitrogen and oxygen atoms in total. The third-order valence-corrected chi connectivity index (χ3v) is 4.56. The number of nitrogens with two attached hydrogens (primary N) is 1. The number of hydrogen-bond acceptors (Lipinski definition) is 8. The smallest absolute Gasteiger partial charge is 0.231 e. The van der Waals surface area contributed by atoms with Gasteiger partial charge in [-0.15, -0.1) is 0 Å². The highest BCUT2D eigenvalue weighted by Gasteiger charge is 2.20. The number of aryl methyl sites for hydroxylation is 1. The van der Waals surface area contributed by atoms with Gasteiger partial charge in [0.25, 0.3) is 0 Å². The molecule has 0 amide bonds. The number of aromatic nitrogens is 5. The molecule has 0 saturated carbocycles. The Morgan fingerprint density at radius 3 is 2.93 bits per heavy atom. The zero-order valence-electron chi connectivity index (χ0n) is 15.1. The molecule has 0 fully saturated rings. The molecule has 5 rings (SSSR count). The Morgan fingerprint density at radius 2 is 2.07 bits per heavy atom. The molecule has 0 spiro atoms. The maximum Gasteiger partial charge on any atom is 0.231 e. The maximum absolute atomic E-state index is 6.24. The van der Waals surface area contributed by atoms with Crippen molar-refractivity contribution in [3.8, 4) is 22.8 Å². The molecule has 0 aliphatic carbocycles. The molecule has 0 saturated heterocycles. The maximum atomic E-state index is 6.24. The fourth-order valence-electron chi connectivity index (χ4n) is 3.13. The fraction of sp³-hybridized carbons (Fsp3) is 0.158. The van der Waals surface area contributed by atoms with Crippen molar-refractivity contribution in [3.63, 3.8) is 0 Å². The summed E-state index contributed by atoms with van der Waals surface area (Å²) in [5, 5.41) is 8.36. The third-order valence-electron chi connectivity index (χ3n) is 4.56. The van der Waals surface area contributed by atoms with Crippen LogP contribution in [0.5, 0.6) is 11.5 Å². The van der Waals surface area contributed by atoms with Gasteiger partial charge < -0.3 is 20.5 Å². The first kappa shape index (κ1) is 16.3. The molecule has 0 atom stereocenters. The van der Waals surface area contributed by atoms with E-state index in [9.17, 15) is 0 Å². The number of benzene rings is 1. The molecular weight excluding hydrogens is 358 g/mol. The van der Waals surface area contributed by atoms with Crippen molar-refractivity contribution in [2.24, 2.45) is 7.05 Å². The normalized spacial score (nSPS) is 12.5. The van der Waals surface area contributed by atoms with E-state index >= 15 is 0 Å². The topological polar surface area (TPSA) is 113 Å². The van der Waals surface area contributed by atoms with Gasteiger partial charge >= 0.3 is 0 Å². The van der Waals surface area contributed by atoms with Gasteiger partial charge in [-0.1, -0.05) is 6.07 Å². The molecule has 4 aromatic rings. The van der Waals surface area contributed by atoms with Gasteiger partial charge in [-0.25, -0.2) is 4.98 Å². The molecule has 0 bridgehead atoms. The first-order valence-corrected chi connectivity index (χ1v) is 8.72. The molecule has 9 heteroatoms. The molecule has 140 valence electrons. The lowest BCUT2D eigenvalue weighted by atomic mass is 10.1. The van der Waals surface area contributed by atoms with Gasteiger partial charge in [0.2, 0.25) is 12.7 Å². The van der Waals surface area contributed by atoms with Gasteiger partial charge in [0.05, 0.1) is 11.1 Å². The van der Waals surface area contributed by atoms with Crippen LogP contribution in [0, 0.1) is 0 Å². The molecule has 0 radical (unpaired) electrons. The highest BCUT2D eigenvalue weighted by Crippen LogP contribution is 2.38. The second-order valence-electron chi connectivity index (χ2n) is 6.39. The quantitative estimate of drug-likeness (QED) is 0.559. The van der Waals surface area contributed by atoms with Gasteiger partial charge in [-0.3, -0.25) is 9.67 Å². The zero-order valence-corrected chi connectivity index (χ0v) is 15.1. The van der Waals surface area contributed by atoms with Crippen LogP contribution >= 0.6 is 0 Å². The first-order valence-electron chi connectivity index (χ1n) is 8.72. The first-order chi connectivity index (χ1) is 13.7. The van der Waals surface area contributed by atoms with Crippen molar-refractivity contribution in [1.82, 2.24) is 24.7 Å². The molecule has 4 heterocycles. The van der Waals surface area contributed by atoms with E-state index in [0.717, 1.165) is 11.1 Å². The predicted molar refractivity (Wildman–Crippen MR) is 104 cm³/mol. The minimum atomic E-state index is 0.213. The number of ether oxygens (including phenoxy) is 2. The van der Waals surface area contributed by atoms with E-state index in [1.807, 2.05) is 30.3 Å². The van der Waals surface area contributed by atoms with E-state index in [1.54, 1.807) is 24.1 Å². The lowest BCUT2D eigenvalue weighted by molar-refractivity contribution is 0.174. The van der Waals surface area contributed by atoms with Gasteiger partial charge in [-0.05, 0) is 29.8 Å². The Balaban J connectivity index is 1.60. The number of pyridine rings is 1. The van der Waals surface area contributed by atoms with Crippen LogP contribution in [0.1, 0.15) is 5.56 Å². The summed E-state index contributed by atoms with van der Waals surface area (Å²) in [5.74, 6) is 2.35. The van der Waals surface area contributed by atoms with Crippen LogP contribution in [0.3, 0.4) is 0 Å². The second kappa shape index (κ2) is 6.38. The van der Waals surface area contributed by atoms with E-state index in [2.05, 4.69) is 20.4 Å². The van der Waals surface area contributed by atoms with Crippen LogP contribution in [-0.2, 0) is 13.6 Å². The Labute approximate surface area is 160 Å². The zero-order chi connectivity index (χ0) is 19.1. The summed E-state index contributed by atoms with van der Waals surface area (Å²) < 4.78 is 12.5. The Bertz CT molecular complexity index is 1170. The molecule has 3 aromatic heterocycles. The standard InChI is InChI=1S/C19H17N7O2/c1-26-17(20)15-16(12-4-5-13-14(7-12)28-10-27-13)23-19(24-18(15)25-26)22-9-11-3-2-6-21-8-11/h2-8H,9-10,20H2,1H3,(H,22,24,25). The largest absolute Gasteiger partial charge is 0.454 e. The Kier molecular flexibility index (Phi) is 3.71. The third kappa shape index (κ3) is 2.73. The number of nitrogens with zero attached hydrogens (tertiary/aromatic N) is 5. The van der Waals surface area contributed by atoms with Crippen LogP contribution in [0.4, 0.5) is 11.8 Å². The number of fused-ring (bicyclic) bond motifs is 2. The summed E-state index contributed by atoms with van der Waals surface area (Å²) >= 11 is 0. The van der Waals surface area contributed by atoms with Crippen LogP contribution in [-0.4, -0.2) is 31.5 Å². The number of nitrogens with one attached hydrogen (secondary N) is 1. The summed E-state index contributed by atoms with van der Waals surface area (Å²) in [7, 11) is 1.78. The molecule has 1 aliphatic rings. The highest BCUT2D eigenvalue weighted by molar-refractivity contribution is 5.99. The van der Waals surface area contributed by atoms with Crippen molar-refractivity contribution in [2.45, 2.75) is 6.54 Å². The van der Waals surface area contributed by atoms with Crippen LogP contribution < -0.4 is 20.5 Å². The Hall–Kier alpha value is -3.88. The van der Waals surface area contributed by atoms with Gasteiger partial charge in [0, 0.05) is 31.5 Å². The molecule has 1 aliphatic heterocycles. The fourth-order valence-corrected chi connectivity index (χ4v) is 3.13. The van der Waals surface area contributed by atoms with Gasteiger partial charge in [0.15, 0.2) is 17.1 Å². The van der Waals surface area contributed by atoms with E-state index in [1.165, 1.54) is 0 Å². The SMILES string of the molecule is Cn1nc2nc(NCc3cccnc3)nc(-c3ccc4c(c3)OCO4)c2c1N. The summed E-state index contributed by atoms with van der Waals surface area (Å²) in [6.07, 6.45) is 3.53. The highest BCUT2D eigenvalue weighted by atomic mass is 16.7. The van der Waals surface area contributed by atoms with Crippen molar-refractivity contribution >= 4 is 22.8 Å². The van der Waals surface area contributed by atoms with Crippen molar-refractivity contribution in [2.75, 3.05) is 17.8 Å². The summed E-state index contributed by atoms with van der Waals surface area (Å²) in [5.41, 5.74) is 9.32. The van der Waals surface area contributed by atoms with Crippen molar-refractivity contribution in [3.05, 3.63) is 48.3 Å². The Morgan fingerprint density at radius 1 is 1.18 bits per heavy atom. The average molecular weight is 375 g/mol. The van der Waals surface area contributed by atoms with Gasteiger partial charge in [0.1, 0.15) is 5.82 Å². The molecular formula is C19H17N7O2. The summed E-state index contributed by atoms with van der Waals surface area (Å²) in [4.78, 5) is 13.4. The molecule has 28 heavy (non-hydrogen) atoms. The second-order valence-corrected chi connectivity index (χ2v) is 6.39. The number of rotatable bonds is 4. The number of nitrogen functional groups attached to an aromatic ring is 1. The summed E-state index contributed by atoms with van der Waals surface area (Å²) in [6.45, 7) is 0.757. The van der Waals surface area contributed by atoms with Crippen LogP contribution in [0.25, 0.3) is 22.3 Å². The summed E-state index contributed by atoms with van der Waals surface area (Å²) in [6, 6.07) is 9.55. The predicted octanol–water partition coefficient (Wildman–Crippen LogP) is 2.35. The average Bonchev–Trinajstić information content (AvgIpc) is 3.30. The molecule has 3 N–H and O–H groups in total. The number of anilines is 2. The van der Waals surface area contributed by atoms with Gasteiger partial charge in [-0.2, -0.15) is 10.1 Å². The molecule has 0 unspecified atom stereocenters. The lowest BCUT2D eigenvalue weighted by Gasteiger charge is -2.09. The monoisotopic (exact) mass is 375 g/mol. The van der Waals surface area contributed by atoms with E-state index < -0.39 is 0 Å². The number of hydrogen-bond donors (Lipinski definition) is 2. The van der Waals surface area contributed by atoms with E-state index in [-0.39, 0.29) is 6.79 Å². The van der Waals surface area contributed by atoms with E-state index in [4.69, 9.17) is 20.2 Å². The van der Waals surface area contributed by atoms with Crippen LogP contribution in [0.15, 0.2) is 42.7 Å². The van der Waals surface area contributed by atoms with E-state index in [0.29, 0.717) is 46.5 Å². The van der Waals surface area contributed by atoms with Crippen molar-refractivity contribution < 1.29 is 9.47 Å². The lowest BCUT2D eigenvalue weighted by Crippen LogP contribution is -2.05. The minimum Gasteiger partial charge on any atom is -0.454 e.